The summed E-state index contributed by atoms with van der Waals surface area (Å²) in [4.78, 5) is 48.0. The van der Waals surface area contributed by atoms with Crippen molar-refractivity contribution < 1.29 is 19.1 Å². The molecule has 1 N–H and O–H groups in total. The van der Waals surface area contributed by atoms with Crippen LogP contribution in [0.4, 0.5) is 0 Å². The van der Waals surface area contributed by atoms with Gasteiger partial charge in [0.25, 0.3) is 0 Å². The van der Waals surface area contributed by atoms with Crippen LogP contribution in [0.2, 0.25) is 0 Å². The van der Waals surface area contributed by atoms with Crippen LogP contribution in [0.25, 0.3) is 0 Å². The van der Waals surface area contributed by atoms with E-state index in [1.54, 1.807) is 36.4 Å². The van der Waals surface area contributed by atoms with Crippen molar-refractivity contribution in [2.24, 2.45) is 5.92 Å². The average molecular weight is 595 g/mol. The van der Waals surface area contributed by atoms with Gasteiger partial charge in [-0.15, -0.1) is 0 Å². The van der Waals surface area contributed by atoms with Crippen LogP contribution in [0.3, 0.4) is 0 Å². The number of likely N-dealkylation sites (tertiary alicyclic amines) is 2. The Hall–Kier alpha value is -3.36. The van der Waals surface area contributed by atoms with Crippen molar-refractivity contribution in [3.8, 4) is 6.07 Å². The summed E-state index contributed by atoms with van der Waals surface area (Å²) in [6.45, 7) is 4.81. The number of benzene rings is 1. The highest BCUT2D eigenvalue weighted by molar-refractivity contribution is 7.98. The van der Waals surface area contributed by atoms with Gasteiger partial charge >= 0.3 is 5.97 Å². The van der Waals surface area contributed by atoms with Gasteiger partial charge in [-0.2, -0.15) is 17.0 Å². The summed E-state index contributed by atoms with van der Waals surface area (Å²) in [7, 11) is 1.35. The molecule has 2 amide bonds. The van der Waals surface area contributed by atoms with E-state index in [0.29, 0.717) is 31.6 Å². The second-order valence-electron chi connectivity index (χ2n) is 11.1. The fourth-order valence-corrected chi connectivity index (χ4v) is 6.69. The van der Waals surface area contributed by atoms with Gasteiger partial charge < -0.3 is 19.5 Å². The van der Waals surface area contributed by atoms with E-state index in [9.17, 15) is 14.4 Å². The Morgan fingerprint density at radius 2 is 2.00 bits per heavy atom. The number of nitrogens with zero attached hydrogens (tertiary/aromatic N) is 5. The van der Waals surface area contributed by atoms with Crippen LogP contribution >= 0.6 is 11.8 Å². The molecule has 11 heteroatoms. The maximum atomic E-state index is 13.6. The zero-order chi connectivity index (χ0) is 30.1. The predicted octanol–water partition coefficient (Wildman–Crippen LogP) is 2.85. The minimum absolute atomic E-state index is 0.0335. The first kappa shape index (κ1) is 31.6. The van der Waals surface area contributed by atoms with Crippen molar-refractivity contribution in [2.75, 3.05) is 38.8 Å². The summed E-state index contributed by atoms with van der Waals surface area (Å²) >= 11 is 1.63. The zero-order valence-corrected chi connectivity index (χ0v) is 25.6. The smallest absolute Gasteiger partial charge is 0.328 e. The molecule has 2 aromatic rings. The van der Waals surface area contributed by atoms with Gasteiger partial charge in [0.15, 0.2) is 0 Å². The van der Waals surface area contributed by atoms with Crippen LogP contribution in [0, 0.1) is 17.2 Å². The van der Waals surface area contributed by atoms with Crippen molar-refractivity contribution in [3.05, 3.63) is 53.6 Å². The Balaban J connectivity index is 1.40. The van der Waals surface area contributed by atoms with E-state index in [0.717, 1.165) is 49.2 Å². The molecule has 42 heavy (non-hydrogen) atoms. The molecule has 0 bridgehead atoms. The second-order valence-corrected chi connectivity index (χ2v) is 12.1. The highest BCUT2D eigenvalue weighted by Crippen LogP contribution is 2.30. The summed E-state index contributed by atoms with van der Waals surface area (Å²) in [5.41, 5.74) is 2.49. The molecule has 2 fully saturated rings. The third kappa shape index (κ3) is 7.72. The molecule has 0 spiro atoms. The molecule has 0 radical (unpaired) electrons. The Bertz CT molecular complexity index is 1260. The van der Waals surface area contributed by atoms with Gasteiger partial charge in [0, 0.05) is 37.6 Å². The predicted molar refractivity (Wildman–Crippen MR) is 162 cm³/mol. The van der Waals surface area contributed by atoms with Crippen LogP contribution in [-0.2, 0) is 32.1 Å². The number of esters is 1. The van der Waals surface area contributed by atoms with Crippen LogP contribution in [0.15, 0.2) is 36.8 Å². The molecule has 226 valence electrons. The van der Waals surface area contributed by atoms with Crippen LogP contribution in [0.5, 0.6) is 0 Å². The first-order valence-electron chi connectivity index (χ1n) is 14.8. The molecule has 1 aromatic carbocycles. The highest BCUT2D eigenvalue weighted by atomic mass is 32.2. The highest BCUT2D eigenvalue weighted by Gasteiger charge is 2.42. The molecule has 4 atom stereocenters. The lowest BCUT2D eigenvalue weighted by atomic mass is 9.96. The average Bonchev–Trinajstić information content (AvgIpc) is 3.75. The maximum absolute atomic E-state index is 13.6. The number of aromatic nitrogens is 2. The number of amides is 2. The number of thioether (sulfide) groups is 1. The summed E-state index contributed by atoms with van der Waals surface area (Å²) in [5, 5.41) is 12.0. The molecular formula is C31H42N6O4S. The van der Waals surface area contributed by atoms with Crippen molar-refractivity contribution in [1.82, 2.24) is 24.7 Å². The molecule has 1 aromatic heterocycles. The number of hydrogen-bond acceptors (Lipinski definition) is 8. The first-order valence-corrected chi connectivity index (χ1v) is 16.2. The van der Waals surface area contributed by atoms with Gasteiger partial charge in [-0.05, 0) is 67.9 Å². The molecule has 4 rings (SSSR count). The lowest BCUT2D eigenvalue weighted by Crippen LogP contribution is -2.54. The molecular weight excluding hydrogens is 552 g/mol. The summed E-state index contributed by atoms with van der Waals surface area (Å²) in [6, 6.07) is 8.60. The van der Waals surface area contributed by atoms with Crippen LogP contribution in [0.1, 0.15) is 55.8 Å². The minimum atomic E-state index is -0.659. The fourth-order valence-electron chi connectivity index (χ4n) is 6.22. The number of methoxy groups -OCH3 is 1. The van der Waals surface area contributed by atoms with Crippen molar-refractivity contribution in [1.29, 1.82) is 5.26 Å². The van der Waals surface area contributed by atoms with Crippen molar-refractivity contribution in [3.63, 3.8) is 0 Å². The Morgan fingerprint density at radius 1 is 1.21 bits per heavy atom. The molecule has 2 aliphatic heterocycles. The van der Waals surface area contributed by atoms with Crippen LogP contribution in [-0.4, -0.2) is 94.0 Å². The molecule has 0 aliphatic carbocycles. The Kier molecular flexibility index (Phi) is 11.4. The van der Waals surface area contributed by atoms with Crippen molar-refractivity contribution in [2.45, 2.75) is 70.1 Å². The monoisotopic (exact) mass is 594 g/mol. The number of rotatable bonds is 13. The van der Waals surface area contributed by atoms with E-state index >= 15 is 0 Å². The molecule has 2 aliphatic rings. The number of carbonyl (C=O) groups is 3. The van der Waals surface area contributed by atoms with Crippen LogP contribution < -0.4 is 5.32 Å². The lowest BCUT2D eigenvalue weighted by molar-refractivity contribution is -0.146. The Morgan fingerprint density at radius 3 is 2.69 bits per heavy atom. The minimum Gasteiger partial charge on any atom is -0.467 e. The molecule has 2 saturated heterocycles. The number of ether oxygens (including phenoxy) is 1. The van der Waals surface area contributed by atoms with E-state index in [1.807, 2.05) is 27.9 Å². The maximum Gasteiger partial charge on any atom is 0.328 e. The molecule has 0 saturated carbocycles. The number of imidazole rings is 1. The van der Waals surface area contributed by atoms with E-state index in [4.69, 9.17) is 10.00 Å². The normalized spacial score (nSPS) is 21.2. The molecule has 3 heterocycles. The standard InChI is InChI=1S/C31H42N6O4S/c1-4-24-11-14-35(29(24)30(39)34-27(12-15-42-3)31(40)41-2)20-25-6-5-13-37(25)28(38)16-26-18-33-21-36(26)19-23-9-7-22(17-32)8-10-23/h7-10,18,21,24-25,27,29H,4-6,11-16,19-20H2,1-3H3,(H,34,39)/t24-,25-,27-,29-/m0/s1. The third-order valence-corrected chi connectivity index (χ3v) is 9.19. The third-order valence-electron chi connectivity index (χ3n) is 8.54. The van der Waals surface area contributed by atoms with Gasteiger partial charge in [0.1, 0.15) is 6.04 Å². The summed E-state index contributed by atoms with van der Waals surface area (Å²) < 4.78 is 6.93. The summed E-state index contributed by atoms with van der Waals surface area (Å²) in [6.07, 6.45) is 9.85. The van der Waals surface area contributed by atoms with E-state index in [-0.39, 0.29) is 36.2 Å². The fraction of sp³-hybridized carbons (Fsp3) is 0.581. The van der Waals surface area contributed by atoms with Gasteiger partial charge in [0.2, 0.25) is 11.8 Å². The zero-order valence-electron chi connectivity index (χ0n) is 24.8. The second kappa shape index (κ2) is 15.2. The molecule has 0 unspecified atom stereocenters. The molecule has 10 nitrogen and oxygen atoms in total. The quantitative estimate of drug-likeness (QED) is 0.352. The lowest BCUT2D eigenvalue weighted by Gasteiger charge is -2.33. The van der Waals surface area contributed by atoms with Gasteiger partial charge in [0.05, 0.1) is 37.5 Å². The van der Waals surface area contributed by atoms with Gasteiger partial charge in [-0.3, -0.25) is 14.5 Å². The largest absolute Gasteiger partial charge is 0.467 e. The number of carbonyl (C=O) groups excluding carboxylic acids is 3. The van der Waals surface area contributed by atoms with Crippen molar-refractivity contribution >= 4 is 29.5 Å². The number of nitriles is 1. The van der Waals surface area contributed by atoms with E-state index in [2.05, 4.69) is 28.2 Å². The van der Waals surface area contributed by atoms with E-state index in [1.165, 1.54) is 7.11 Å². The van der Waals surface area contributed by atoms with Gasteiger partial charge in [-0.25, -0.2) is 9.78 Å². The number of nitrogens with one attached hydrogen (secondary N) is 1. The first-order chi connectivity index (χ1) is 20.4. The van der Waals surface area contributed by atoms with E-state index < -0.39 is 12.0 Å². The van der Waals surface area contributed by atoms with Gasteiger partial charge in [-0.1, -0.05) is 25.5 Å². The Labute approximate surface area is 252 Å². The number of hydrogen-bond donors (Lipinski definition) is 1. The topological polar surface area (TPSA) is 121 Å². The summed E-state index contributed by atoms with van der Waals surface area (Å²) in [5.74, 6) is 0.469. The SMILES string of the molecule is CC[C@H]1CCN(C[C@@H]2CCCN2C(=O)Cc2cncn2Cc2ccc(C#N)cc2)[C@@H]1C(=O)N[C@@H](CCSC)C(=O)OC.